The van der Waals surface area contributed by atoms with Crippen LogP contribution in [0.15, 0.2) is 11.6 Å². The number of hydrogen-bond acceptors (Lipinski definition) is 6. The van der Waals surface area contributed by atoms with Crippen LogP contribution in [0.2, 0.25) is 0 Å². The number of esters is 3. The standard InChI is InChI=1S/C20H34O6/c1-5-7-9-11-13-24-19(22)16(3)15-18(21)26-17(4)20(23)25-14-12-10-8-6-2/h15,17H,5-14H2,1-4H3/b16-15-. The van der Waals surface area contributed by atoms with E-state index in [1.807, 2.05) is 0 Å². The van der Waals surface area contributed by atoms with Crippen LogP contribution in [0.5, 0.6) is 0 Å². The molecule has 0 aromatic carbocycles. The quantitative estimate of drug-likeness (QED) is 0.198. The first-order valence-electron chi connectivity index (χ1n) is 9.65. The van der Waals surface area contributed by atoms with Crippen molar-refractivity contribution in [3.63, 3.8) is 0 Å². The number of unbranched alkanes of at least 4 members (excludes halogenated alkanes) is 6. The van der Waals surface area contributed by atoms with Gasteiger partial charge in [0.15, 0.2) is 6.10 Å². The molecule has 1 atom stereocenters. The van der Waals surface area contributed by atoms with Gasteiger partial charge in [0.25, 0.3) is 0 Å². The highest BCUT2D eigenvalue weighted by molar-refractivity contribution is 5.96. The van der Waals surface area contributed by atoms with Gasteiger partial charge in [-0.25, -0.2) is 14.4 Å². The Hall–Kier alpha value is -1.85. The molecule has 0 radical (unpaired) electrons. The van der Waals surface area contributed by atoms with Crippen molar-refractivity contribution in [1.29, 1.82) is 0 Å². The van der Waals surface area contributed by atoms with Crippen LogP contribution in [0.3, 0.4) is 0 Å². The van der Waals surface area contributed by atoms with Crippen LogP contribution in [0.25, 0.3) is 0 Å². The minimum absolute atomic E-state index is 0.144. The van der Waals surface area contributed by atoms with Gasteiger partial charge < -0.3 is 14.2 Å². The van der Waals surface area contributed by atoms with Gasteiger partial charge in [-0.2, -0.15) is 0 Å². The normalized spacial score (nSPS) is 12.4. The molecule has 1 unspecified atom stereocenters. The molecule has 0 aliphatic rings. The zero-order valence-electron chi connectivity index (χ0n) is 16.7. The van der Waals surface area contributed by atoms with Crippen molar-refractivity contribution in [1.82, 2.24) is 0 Å². The summed E-state index contributed by atoms with van der Waals surface area (Å²) in [6, 6.07) is 0. The van der Waals surface area contributed by atoms with Crippen molar-refractivity contribution < 1.29 is 28.6 Å². The van der Waals surface area contributed by atoms with Gasteiger partial charge in [0, 0.05) is 11.6 Å². The second kappa shape index (κ2) is 15.4. The molecule has 150 valence electrons. The van der Waals surface area contributed by atoms with Crippen LogP contribution in [0.1, 0.15) is 79.1 Å². The molecular formula is C20H34O6. The van der Waals surface area contributed by atoms with Gasteiger partial charge in [-0.05, 0) is 26.7 Å². The first-order chi connectivity index (χ1) is 12.4. The lowest BCUT2D eigenvalue weighted by atomic mass is 10.2. The predicted octanol–water partition coefficient (Wildman–Crippen LogP) is 4.11. The van der Waals surface area contributed by atoms with Crippen molar-refractivity contribution in [3.8, 4) is 0 Å². The molecule has 0 saturated heterocycles. The maximum Gasteiger partial charge on any atom is 0.347 e. The Labute approximate surface area is 157 Å². The molecule has 0 aliphatic carbocycles. The highest BCUT2D eigenvalue weighted by atomic mass is 16.6. The Bertz CT molecular complexity index is 455. The zero-order chi connectivity index (χ0) is 19.8. The molecule has 0 heterocycles. The summed E-state index contributed by atoms with van der Waals surface area (Å²) in [6.45, 7) is 7.78. The summed E-state index contributed by atoms with van der Waals surface area (Å²) in [5.41, 5.74) is 0.144. The Morgan fingerprint density at radius 2 is 1.38 bits per heavy atom. The summed E-state index contributed by atoms with van der Waals surface area (Å²) in [6.07, 6.45) is 8.05. The van der Waals surface area contributed by atoms with Gasteiger partial charge in [-0.15, -0.1) is 0 Å². The molecule has 0 N–H and O–H groups in total. The van der Waals surface area contributed by atoms with E-state index in [9.17, 15) is 14.4 Å². The second-order valence-electron chi connectivity index (χ2n) is 6.33. The van der Waals surface area contributed by atoms with Crippen molar-refractivity contribution in [2.24, 2.45) is 0 Å². The summed E-state index contributed by atoms with van der Waals surface area (Å²) >= 11 is 0. The third-order valence-corrected chi connectivity index (χ3v) is 3.75. The summed E-state index contributed by atoms with van der Waals surface area (Å²) in [7, 11) is 0. The van der Waals surface area contributed by atoms with Gasteiger partial charge in [-0.1, -0.05) is 52.4 Å². The van der Waals surface area contributed by atoms with Crippen LogP contribution in [0.4, 0.5) is 0 Å². The molecular weight excluding hydrogens is 336 g/mol. The van der Waals surface area contributed by atoms with Gasteiger partial charge in [0.05, 0.1) is 13.2 Å². The van der Waals surface area contributed by atoms with E-state index in [4.69, 9.17) is 14.2 Å². The van der Waals surface area contributed by atoms with Crippen LogP contribution >= 0.6 is 0 Å². The van der Waals surface area contributed by atoms with Crippen molar-refractivity contribution in [3.05, 3.63) is 11.6 Å². The van der Waals surface area contributed by atoms with E-state index < -0.39 is 24.0 Å². The molecule has 0 rings (SSSR count). The third-order valence-electron chi connectivity index (χ3n) is 3.75. The number of carbonyl (C=O) groups excluding carboxylic acids is 3. The molecule has 0 bridgehead atoms. The van der Waals surface area contributed by atoms with E-state index >= 15 is 0 Å². The average molecular weight is 370 g/mol. The van der Waals surface area contributed by atoms with Gasteiger partial charge in [0.1, 0.15) is 0 Å². The summed E-state index contributed by atoms with van der Waals surface area (Å²) in [5, 5.41) is 0. The fourth-order valence-corrected chi connectivity index (χ4v) is 2.12. The number of hydrogen-bond donors (Lipinski definition) is 0. The number of ether oxygens (including phenoxy) is 3. The van der Waals surface area contributed by atoms with E-state index in [-0.39, 0.29) is 5.57 Å². The summed E-state index contributed by atoms with van der Waals surface area (Å²) < 4.78 is 15.1. The summed E-state index contributed by atoms with van der Waals surface area (Å²) in [4.78, 5) is 35.3. The number of carbonyl (C=O) groups is 3. The molecule has 0 spiro atoms. The highest BCUT2D eigenvalue weighted by Gasteiger charge is 2.19. The Morgan fingerprint density at radius 3 is 1.92 bits per heavy atom. The fraction of sp³-hybridized carbons (Fsp3) is 0.750. The van der Waals surface area contributed by atoms with E-state index in [2.05, 4.69) is 13.8 Å². The van der Waals surface area contributed by atoms with Crippen molar-refractivity contribution in [2.45, 2.75) is 85.2 Å². The van der Waals surface area contributed by atoms with Gasteiger partial charge in [0.2, 0.25) is 0 Å². The monoisotopic (exact) mass is 370 g/mol. The van der Waals surface area contributed by atoms with Crippen LogP contribution < -0.4 is 0 Å². The lowest BCUT2D eigenvalue weighted by Gasteiger charge is -2.12. The zero-order valence-corrected chi connectivity index (χ0v) is 16.7. The largest absolute Gasteiger partial charge is 0.463 e. The van der Waals surface area contributed by atoms with E-state index in [0.717, 1.165) is 57.4 Å². The Kier molecular flexibility index (Phi) is 14.3. The molecule has 0 amide bonds. The van der Waals surface area contributed by atoms with Crippen LogP contribution in [0, 0.1) is 0 Å². The third kappa shape index (κ3) is 12.5. The molecule has 6 heteroatoms. The second-order valence-corrected chi connectivity index (χ2v) is 6.33. The van der Waals surface area contributed by atoms with Crippen LogP contribution in [-0.4, -0.2) is 37.2 Å². The molecule has 0 fully saturated rings. The van der Waals surface area contributed by atoms with Gasteiger partial charge >= 0.3 is 17.9 Å². The molecule has 0 aromatic rings. The van der Waals surface area contributed by atoms with Crippen molar-refractivity contribution in [2.75, 3.05) is 13.2 Å². The van der Waals surface area contributed by atoms with Crippen LogP contribution in [-0.2, 0) is 28.6 Å². The van der Waals surface area contributed by atoms with Crippen molar-refractivity contribution >= 4 is 17.9 Å². The smallest absolute Gasteiger partial charge is 0.347 e. The minimum Gasteiger partial charge on any atom is -0.463 e. The SMILES string of the molecule is CCCCCCOC(=O)/C(C)=C\C(=O)OC(C)C(=O)OCCCCCC. The first kappa shape index (κ1) is 24.1. The molecule has 0 saturated carbocycles. The summed E-state index contributed by atoms with van der Waals surface area (Å²) in [5.74, 6) is -1.90. The van der Waals surface area contributed by atoms with E-state index in [1.54, 1.807) is 0 Å². The molecule has 0 aliphatic heterocycles. The first-order valence-corrected chi connectivity index (χ1v) is 9.65. The minimum atomic E-state index is -1.01. The fourth-order valence-electron chi connectivity index (χ4n) is 2.12. The molecule has 0 aromatic heterocycles. The van der Waals surface area contributed by atoms with Gasteiger partial charge in [-0.3, -0.25) is 0 Å². The maximum absolute atomic E-state index is 11.8. The number of rotatable bonds is 14. The van der Waals surface area contributed by atoms with E-state index in [0.29, 0.717) is 13.2 Å². The van der Waals surface area contributed by atoms with E-state index in [1.165, 1.54) is 13.8 Å². The molecule has 26 heavy (non-hydrogen) atoms. The maximum atomic E-state index is 11.8. The predicted molar refractivity (Wildman–Crippen MR) is 99.5 cm³/mol. The Morgan fingerprint density at radius 1 is 0.846 bits per heavy atom. The topological polar surface area (TPSA) is 78.9 Å². The highest BCUT2D eigenvalue weighted by Crippen LogP contribution is 2.05. The molecule has 6 nitrogen and oxygen atoms in total. The lowest BCUT2D eigenvalue weighted by molar-refractivity contribution is -0.164. The Balaban J connectivity index is 4.12. The average Bonchev–Trinajstić information content (AvgIpc) is 2.60. The lowest BCUT2D eigenvalue weighted by Crippen LogP contribution is -2.26.